The van der Waals surface area contributed by atoms with E-state index < -0.39 is 36.6 Å². The van der Waals surface area contributed by atoms with Crippen molar-refractivity contribution >= 4 is 5.97 Å². The zero-order chi connectivity index (χ0) is 12.6. The molecule has 0 aliphatic heterocycles. The van der Waals surface area contributed by atoms with Crippen molar-refractivity contribution in [1.29, 1.82) is 0 Å². The lowest BCUT2D eigenvalue weighted by atomic mass is 9.89. The molecule has 16 heavy (non-hydrogen) atoms. The maximum absolute atomic E-state index is 13.0. The van der Waals surface area contributed by atoms with Gasteiger partial charge in [-0.3, -0.25) is 0 Å². The number of hydrogen-bond acceptors (Lipinski definition) is 3. The molecule has 3 nitrogen and oxygen atoms in total. The Kier molecular flexibility index (Phi) is 3.41. The van der Waals surface area contributed by atoms with Gasteiger partial charge >= 0.3 is 12.1 Å². The van der Waals surface area contributed by atoms with Crippen LogP contribution in [-0.4, -0.2) is 30.2 Å². The van der Waals surface area contributed by atoms with Gasteiger partial charge in [0, 0.05) is 6.42 Å². The quantitative estimate of drug-likeness (QED) is 0.565. The van der Waals surface area contributed by atoms with E-state index in [1.165, 1.54) is 0 Å². The third-order valence-corrected chi connectivity index (χ3v) is 2.38. The van der Waals surface area contributed by atoms with E-state index in [-0.39, 0.29) is 12.8 Å². The molecule has 2 N–H and O–H groups in total. The molecule has 1 rings (SSSR count). The van der Waals surface area contributed by atoms with E-state index in [1.807, 2.05) is 0 Å². The Morgan fingerprint density at radius 3 is 2.44 bits per heavy atom. The van der Waals surface area contributed by atoms with E-state index in [9.17, 15) is 26.7 Å². The third-order valence-electron chi connectivity index (χ3n) is 2.38. The number of esters is 1. The molecule has 0 aromatic heterocycles. The molecule has 0 unspecified atom stereocenters. The second kappa shape index (κ2) is 4.15. The van der Waals surface area contributed by atoms with Gasteiger partial charge in [-0.05, 0) is 12.8 Å². The number of carbonyl (C=O) groups is 1. The van der Waals surface area contributed by atoms with Crippen LogP contribution in [0.5, 0.6) is 0 Å². The molecule has 8 heteroatoms. The van der Waals surface area contributed by atoms with E-state index in [0.29, 0.717) is 0 Å². The van der Waals surface area contributed by atoms with Crippen molar-refractivity contribution in [2.45, 2.75) is 43.5 Å². The van der Waals surface area contributed by atoms with Crippen molar-refractivity contribution in [1.82, 2.24) is 0 Å². The molecule has 2 atom stereocenters. The number of ether oxygens (including phenoxy) is 1. The predicted molar refractivity (Wildman–Crippen MR) is 42.7 cm³/mol. The molecule has 0 bridgehead atoms. The summed E-state index contributed by atoms with van der Waals surface area (Å²) in [6, 6.07) is -1.88. The van der Waals surface area contributed by atoms with E-state index in [2.05, 4.69) is 4.74 Å². The second-order valence-corrected chi connectivity index (χ2v) is 3.62. The topological polar surface area (TPSA) is 52.3 Å². The van der Waals surface area contributed by atoms with Gasteiger partial charge in [0.1, 0.15) is 12.1 Å². The van der Waals surface area contributed by atoms with Crippen molar-refractivity contribution in [2.24, 2.45) is 5.73 Å². The van der Waals surface area contributed by atoms with Crippen molar-refractivity contribution in [2.75, 3.05) is 0 Å². The van der Waals surface area contributed by atoms with Crippen molar-refractivity contribution in [3.05, 3.63) is 0 Å². The molecule has 1 saturated carbocycles. The highest BCUT2D eigenvalue weighted by molar-refractivity contribution is 5.75. The molecular formula is C8H10F5NO2. The Balaban J connectivity index is 2.65. The molecule has 94 valence electrons. The lowest BCUT2D eigenvalue weighted by Gasteiger charge is -2.34. The van der Waals surface area contributed by atoms with Crippen molar-refractivity contribution < 1.29 is 31.5 Å². The maximum Gasteiger partial charge on any atom is 0.490 e. The largest absolute Gasteiger partial charge is 0.490 e. The fraction of sp³-hybridized carbons (Fsp3) is 0.875. The zero-order valence-corrected chi connectivity index (χ0v) is 8.06. The van der Waals surface area contributed by atoms with E-state index in [0.717, 1.165) is 0 Å². The SMILES string of the molecule is N[C@H]1[C@H](OC(=O)C(F)(F)F)CCCC1(F)F. The molecule has 0 heterocycles. The Morgan fingerprint density at radius 1 is 1.38 bits per heavy atom. The summed E-state index contributed by atoms with van der Waals surface area (Å²) in [6.45, 7) is 0. The van der Waals surface area contributed by atoms with Crippen LogP contribution in [0.4, 0.5) is 22.0 Å². The van der Waals surface area contributed by atoms with Gasteiger partial charge in [0.25, 0.3) is 5.92 Å². The molecule has 1 aliphatic carbocycles. The van der Waals surface area contributed by atoms with Crippen LogP contribution in [-0.2, 0) is 9.53 Å². The van der Waals surface area contributed by atoms with E-state index in [4.69, 9.17) is 5.73 Å². The fourth-order valence-corrected chi connectivity index (χ4v) is 1.49. The Bertz CT molecular complexity index is 278. The summed E-state index contributed by atoms with van der Waals surface area (Å²) < 4.78 is 65.4. The number of nitrogens with two attached hydrogens (primary N) is 1. The lowest BCUT2D eigenvalue weighted by Crippen LogP contribution is -2.54. The average Bonchev–Trinajstić information content (AvgIpc) is 2.11. The molecule has 0 aromatic carbocycles. The number of hydrogen-bond donors (Lipinski definition) is 1. The summed E-state index contributed by atoms with van der Waals surface area (Å²) in [5.41, 5.74) is 5.05. The minimum Gasteiger partial charge on any atom is -0.454 e. The molecule has 1 aliphatic rings. The number of alkyl halides is 5. The summed E-state index contributed by atoms with van der Waals surface area (Å²) in [4.78, 5) is 10.4. The normalized spacial score (nSPS) is 29.9. The first kappa shape index (κ1) is 13.1. The summed E-state index contributed by atoms with van der Waals surface area (Å²) in [7, 11) is 0. The van der Waals surface area contributed by atoms with Crippen molar-refractivity contribution in [3.8, 4) is 0 Å². The first-order chi connectivity index (χ1) is 7.14. The van der Waals surface area contributed by atoms with Crippen LogP contribution >= 0.6 is 0 Å². The van der Waals surface area contributed by atoms with Crippen LogP contribution in [0.15, 0.2) is 0 Å². The summed E-state index contributed by atoms with van der Waals surface area (Å²) in [6.07, 6.45) is -7.40. The number of rotatable bonds is 1. The highest BCUT2D eigenvalue weighted by Gasteiger charge is 2.49. The Hall–Kier alpha value is -0.920. The summed E-state index contributed by atoms with van der Waals surface area (Å²) >= 11 is 0. The van der Waals surface area contributed by atoms with Crippen LogP contribution in [0.25, 0.3) is 0 Å². The average molecular weight is 247 g/mol. The Morgan fingerprint density at radius 2 is 1.94 bits per heavy atom. The molecule has 0 aromatic rings. The molecule has 0 amide bonds. The lowest BCUT2D eigenvalue weighted by molar-refractivity contribution is -0.212. The standard InChI is InChI=1S/C8H10F5NO2/c9-7(10)3-1-2-4(5(7)14)16-6(15)8(11,12)13/h4-5H,1-3,14H2/t4-,5+/m1/s1. The minimum absolute atomic E-state index is 0.0312. The highest BCUT2D eigenvalue weighted by atomic mass is 19.4. The van der Waals surface area contributed by atoms with Gasteiger partial charge in [0.05, 0.1) is 0 Å². The second-order valence-electron chi connectivity index (χ2n) is 3.62. The van der Waals surface area contributed by atoms with E-state index >= 15 is 0 Å². The maximum atomic E-state index is 13.0. The van der Waals surface area contributed by atoms with Gasteiger partial charge in [-0.2, -0.15) is 13.2 Å². The summed E-state index contributed by atoms with van der Waals surface area (Å²) in [5.74, 6) is -5.78. The first-order valence-electron chi connectivity index (χ1n) is 4.56. The molecule has 1 fully saturated rings. The van der Waals surface area contributed by atoms with Gasteiger partial charge in [-0.1, -0.05) is 0 Å². The van der Waals surface area contributed by atoms with Crippen molar-refractivity contribution in [3.63, 3.8) is 0 Å². The summed E-state index contributed by atoms with van der Waals surface area (Å²) in [5, 5.41) is 0. The van der Waals surface area contributed by atoms with Gasteiger partial charge in [-0.15, -0.1) is 0 Å². The van der Waals surface area contributed by atoms with Gasteiger partial charge in [0.15, 0.2) is 0 Å². The van der Waals surface area contributed by atoms with Gasteiger partial charge < -0.3 is 10.5 Å². The van der Waals surface area contributed by atoms with E-state index in [1.54, 1.807) is 0 Å². The van der Waals surface area contributed by atoms with Crippen LogP contribution in [0.1, 0.15) is 19.3 Å². The molecule has 0 spiro atoms. The molecule has 0 saturated heterocycles. The minimum atomic E-state index is -5.19. The predicted octanol–water partition coefficient (Wildman–Crippen LogP) is 1.61. The van der Waals surface area contributed by atoms with Crippen LogP contribution in [0.2, 0.25) is 0 Å². The monoisotopic (exact) mass is 247 g/mol. The van der Waals surface area contributed by atoms with Crippen LogP contribution in [0, 0.1) is 0 Å². The third kappa shape index (κ3) is 2.81. The van der Waals surface area contributed by atoms with Crippen LogP contribution in [0.3, 0.4) is 0 Å². The molecule has 0 radical (unpaired) electrons. The van der Waals surface area contributed by atoms with Gasteiger partial charge in [-0.25, -0.2) is 13.6 Å². The number of halogens is 5. The van der Waals surface area contributed by atoms with Crippen LogP contribution < -0.4 is 5.73 Å². The number of carbonyl (C=O) groups excluding carboxylic acids is 1. The smallest absolute Gasteiger partial charge is 0.454 e. The Labute approximate surface area is 87.7 Å². The molecular weight excluding hydrogens is 237 g/mol. The highest BCUT2D eigenvalue weighted by Crippen LogP contribution is 2.34. The zero-order valence-electron chi connectivity index (χ0n) is 8.06. The van der Waals surface area contributed by atoms with Gasteiger partial charge in [0.2, 0.25) is 0 Å². The first-order valence-corrected chi connectivity index (χ1v) is 4.56. The fourth-order valence-electron chi connectivity index (χ4n) is 1.49.